The van der Waals surface area contributed by atoms with Crippen LogP contribution in [0.15, 0.2) is 24.3 Å². The third kappa shape index (κ3) is 3.43. The highest BCUT2D eigenvalue weighted by atomic mass is 16.2. The van der Waals surface area contributed by atoms with Gasteiger partial charge in [-0.05, 0) is 41.0 Å². The molecule has 0 aliphatic rings. The minimum absolute atomic E-state index is 0.215. The average molecular weight is 288 g/mol. The van der Waals surface area contributed by atoms with E-state index in [1.807, 2.05) is 32.9 Å². The molecule has 0 aliphatic heterocycles. The first kappa shape index (κ1) is 15.1. The summed E-state index contributed by atoms with van der Waals surface area (Å²) < 4.78 is 1.60. The molecular formula is C14H20N6O. The molecule has 1 aromatic heterocycles. The van der Waals surface area contributed by atoms with E-state index >= 15 is 0 Å². The van der Waals surface area contributed by atoms with E-state index in [0.717, 1.165) is 5.69 Å². The molecule has 1 atom stereocenters. The van der Waals surface area contributed by atoms with Gasteiger partial charge in [0.1, 0.15) is 0 Å². The monoisotopic (exact) mass is 288 g/mol. The van der Waals surface area contributed by atoms with Gasteiger partial charge < -0.3 is 11.1 Å². The molecule has 0 bridgehead atoms. The lowest BCUT2D eigenvalue weighted by atomic mass is 9.87. The summed E-state index contributed by atoms with van der Waals surface area (Å²) in [7, 11) is 0. The van der Waals surface area contributed by atoms with E-state index in [0.29, 0.717) is 11.5 Å². The molecule has 1 amide bonds. The van der Waals surface area contributed by atoms with Gasteiger partial charge in [-0.15, -0.1) is 5.10 Å². The van der Waals surface area contributed by atoms with Crippen LogP contribution in [-0.2, 0) is 4.79 Å². The minimum atomic E-state index is -0.587. The van der Waals surface area contributed by atoms with Crippen LogP contribution in [0.4, 0.5) is 5.69 Å². The fraction of sp³-hybridized carbons (Fsp3) is 0.429. The van der Waals surface area contributed by atoms with Crippen LogP contribution < -0.4 is 11.1 Å². The molecule has 0 saturated carbocycles. The van der Waals surface area contributed by atoms with Gasteiger partial charge >= 0.3 is 0 Å². The molecule has 112 valence electrons. The van der Waals surface area contributed by atoms with E-state index in [1.54, 1.807) is 23.7 Å². The quantitative estimate of drug-likeness (QED) is 0.886. The van der Waals surface area contributed by atoms with Gasteiger partial charge in [0.15, 0.2) is 5.82 Å². The number of aromatic nitrogens is 4. The average Bonchev–Trinajstić information content (AvgIpc) is 2.83. The molecule has 2 aromatic rings. The van der Waals surface area contributed by atoms with E-state index in [2.05, 4.69) is 20.8 Å². The number of hydrogen-bond donors (Lipinski definition) is 2. The number of tetrazole rings is 1. The number of hydrogen-bond acceptors (Lipinski definition) is 5. The maximum absolute atomic E-state index is 12.1. The molecule has 7 heteroatoms. The van der Waals surface area contributed by atoms with Crippen molar-refractivity contribution in [1.82, 2.24) is 20.2 Å². The zero-order valence-electron chi connectivity index (χ0n) is 12.7. The van der Waals surface area contributed by atoms with Crippen LogP contribution >= 0.6 is 0 Å². The van der Waals surface area contributed by atoms with E-state index in [1.165, 1.54) is 0 Å². The Hall–Kier alpha value is -2.28. The third-order valence-electron chi connectivity index (χ3n) is 3.20. The first-order valence-electron chi connectivity index (χ1n) is 6.71. The SMILES string of the molecule is Cc1nnnn1-c1cccc(NC(=O)C(N)C(C)(C)C)c1. The van der Waals surface area contributed by atoms with Gasteiger partial charge in [0.05, 0.1) is 11.7 Å². The minimum Gasteiger partial charge on any atom is -0.325 e. The Morgan fingerprint density at radius 3 is 2.67 bits per heavy atom. The molecule has 0 radical (unpaired) electrons. The molecule has 7 nitrogen and oxygen atoms in total. The predicted octanol–water partition coefficient (Wildman–Crippen LogP) is 1.28. The lowest BCUT2D eigenvalue weighted by Crippen LogP contribution is -2.45. The highest BCUT2D eigenvalue weighted by Crippen LogP contribution is 2.20. The lowest BCUT2D eigenvalue weighted by Gasteiger charge is -2.25. The maximum atomic E-state index is 12.1. The Morgan fingerprint density at radius 1 is 1.38 bits per heavy atom. The van der Waals surface area contributed by atoms with Crippen LogP contribution in [0.1, 0.15) is 26.6 Å². The molecule has 0 aliphatic carbocycles. The van der Waals surface area contributed by atoms with Crippen LogP contribution in [0, 0.1) is 12.3 Å². The maximum Gasteiger partial charge on any atom is 0.241 e. The van der Waals surface area contributed by atoms with E-state index in [4.69, 9.17) is 5.73 Å². The molecule has 0 spiro atoms. The van der Waals surface area contributed by atoms with Crippen molar-refractivity contribution in [3.63, 3.8) is 0 Å². The lowest BCUT2D eigenvalue weighted by molar-refractivity contribution is -0.119. The Morgan fingerprint density at radius 2 is 2.10 bits per heavy atom. The van der Waals surface area contributed by atoms with Crippen LogP contribution in [0.2, 0.25) is 0 Å². The van der Waals surface area contributed by atoms with Gasteiger partial charge in [-0.2, -0.15) is 4.68 Å². The standard InChI is InChI=1S/C14H20N6O/c1-9-17-18-19-20(9)11-7-5-6-10(8-11)16-13(21)12(15)14(2,3)4/h5-8,12H,15H2,1-4H3,(H,16,21). The van der Waals surface area contributed by atoms with Crippen LogP contribution in [0.25, 0.3) is 5.69 Å². The van der Waals surface area contributed by atoms with Crippen molar-refractivity contribution in [2.45, 2.75) is 33.7 Å². The summed E-state index contributed by atoms with van der Waals surface area (Å²) in [5, 5.41) is 14.2. The van der Waals surface area contributed by atoms with Crippen molar-refractivity contribution >= 4 is 11.6 Å². The molecule has 3 N–H and O–H groups in total. The van der Waals surface area contributed by atoms with Crippen LogP contribution in [-0.4, -0.2) is 32.2 Å². The predicted molar refractivity (Wildman–Crippen MR) is 80.0 cm³/mol. The zero-order chi connectivity index (χ0) is 15.6. The van der Waals surface area contributed by atoms with Crippen molar-refractivity contribution in [3.05, 3.63) is 30.1 Å². The molecular weight excluding hydrogens is 268 g/mol. The second-order valence-corrected chi connectivity index (χ2v) is 6.02. The number of aryl methyl sites for hydroxylation is 1. The van der Waals surface area contributed by atoms with E-state index in [9.17, 15) is 4.79 Å². The van der Waals surface area contributed by atoms with Crippen molar-refractivity contribution in [3.8, 4) is 5.69 Å². The molecule has 1 aromatic carbocycles. The Kier molecular flexibility index (Phi) is 4.04. The van der Waals surface area contributed by atoms with Crippen molar-refractivity contribution in [2.75, 3.05) is 5.32 Å². The Bertz CT molecular complexity index is 643. The molecule has 0 fully saturated rings. The van der Waals surface area contributed by atoms with Gasteiger partial charge in [-0.25, -0.2) is 0 Å². The summed E-state index contributed by atoms with van der Waals surface area (Å²) in [6, 6.07) is 6.71. The summed E-state index contributed by atoms with van der Waals surface area (Å²) in [6.07, 6.45) is 0. The first-order valence-corrected chi connectivity index (χ1v) is 6.71. The molecule has 1 unspecified atom stereocenters. The highest BCUT2D eigenvalue weighted by molar-refractivity contribution is 5.95. The number of amides is 1. The number of nitrogens with zero attached hydrogens (tertiary/aromatic N) is 4. The van der Waals surface area contributed by atoms with Crippen LogP contribution in [0.5, 0.6) is 0 Å². The summed E-state index contributed by atoms with van der Waals surface area (Å²) in [5.41, 5.74) is 7.09. The fourth-order valence-electron chi connectivity index (χ4n) is 1.80. The zero-order valence-corrected chi connectivity index (χ0v) is 12.7. The van der Waals surface area contributed by atoms with Crippen molar-refractivity contribution in [2.24, 2.45) is 11.1 Å². The number of benzene rings is 1. The Labute approximate surface area is 123 Å². The largest absolute Gasteiger partial charge is 0.325 e. The summed E-state index contributed by atoms with van der Waals surface area (Å²) in [6.45, 7) is 7.59. The number of anilines is 1. The second-order valence-electron chi connectivity index (χ2n) is 6.02. The first-order chi connectivity index (χ1) is 9.79. The van der Waals surface area contributed by atoms with Gasteiger partial charge in [0.2, 0.25) is 5.91 Å². The van der Waals surface area contributed by atoms with E-state index < -0.39 is 6.04 Å². The summed E-state index contributed by atoms with van der Waals surface area (Å²) >= 11 is 0. The molecule has 21 heavy (non-hydrogen) atoms. The number of carbonyl (C=O) groups excluding carboxylic acids is 1. The van der Waals surface area contributed by atoms with Crippen molar-refractivity contribution < 1.29 is 4.79 Å². The van der Waals surface area contributed by atoms with Gasteiger partial charge in [-0.3, -0.25) is 4.79 Å². The number of carbonyl (C=O) groups is 1. The normalized spacial score (nSPS) is 13.0. The highest BCUT2D eigenvalue weighted by Gasteiger charge is 2.27. The third-order valence-corrected chi connectivity index (χ3v) is 3.20. The molecule has 0 saturated heterocycles. The number of nitrogens with one attached hydrogen (secondary N) is 1. The Balaban J connectivity index is 2.19. The topological polar surface area (TPSA) is 98.7 Å². The summed E-state index contributed by atoms with van der Waals surface area (Å²) in [5.74, 6) is 0.456. The second kappa shape index (κ2) is 5.61. The van der Waals surface area contributed by atoms with Gasteiger partial charge in [0, 0.05) is 5.69 Å². The summed E-state index contributed by atoms with van der Waals surface area (Å²) in [4.78, 5) is 12.1. The van der Waals surface area contributed by atoms with E-state index in [-0.39, 0.29) is 11.3 Å². The number of nitrogens with two attached hydrogens (primary N) is 1. The van der Waals surface area contributed by atoms with Gasteiger partial charge in [-0.1, -0.05) is 26.8 Å². The fourth-order valence-corrected chi connectivity index (χ4v) is 1.80. The smallest absolute Gasteiger partial charge is 0.241 e. The molecule has 2 rings (SSSR count). The molecule has 1 heterocycles. The number of rotatable bonds is 3. The van der Waals surface area contributed by atoms with Crippen molar-refractivity contribution in [1.29, 1.82) is 0 Å². The van der Waals surface area contributed by atoms with Crippen LogP contribution in [0.3, 0.4) is 0 Å². The van der Waals surface area contributed by atoms with Gasteiger partial charge in [0.25, 0.3) is 0 Å².